The molecule has 0 saturated carbocycles. The molecule has 19 heavy (non-hydrogen) atoms. The molecule has 1 aliphatic rings. The molecule has 0 atom stereocenters. The van der Waals surface area contributed by atoms with Gasteiger partial charge in [0.05, 0.1) is 9.40 Å². The first-order chi connectivity index (χ1) is 8.99. The zero-order valence-corrected chi connectivity index (χ0v) is 12.2. The zero-order valence-electron chi connectivity index (χ0n) is 10.6. The van der Waals surface area contributed by atoms with Gasteiger partial charge in [-0.25, -0.2) is 0 Å². The lowest BCUT2D eigenvalue weighted by Gasteiger charge is -2.36. The average molecular weight is 328 g/mol. The largest absolute Gasteiger partial charge is 0.437 e. The normalized spacial score (nSPS) is 16.5. The Hall–Kier alpha value is -1.12. The molecule has 0 radical (unpaired) electrons. The SMILES string of the molecule is CB(O)N1CCN(c2ccc(Br)c([N+](=O)[O-])c2)CC1. The minimum absolute atomic E-state index is 0.0791. The van der Waals surface area contributed by atoms with Crippen LogP contribution in [0.2, 0.25) is 6.82 Å². The lowest BCUT2D eigenvalue weighted by molar-refractivity contribution is -0.385. The van der Waals surface area contributed by atoms with E-state index in [0.29, 0.717) is 4.47 Å². The highest BCUT2D eigenvalue weighted by Crippen LogP contribution is 2.30. The maximum absolute atomic E-state index is 10.9. The van der Waals surface area contributed by atoms with Crippen molar-refractivity contribution in [2.45, 2.75) is 6.82 Å². The monoisotopic (exact) mass is 327 g/mol. The van der Waals surface area contributed by atoms with Crippen LogP contribution in [0.4, 0.5) is 11.4 Å². The number of rotatable bonds is 3. The number of benzene rings is 1. The van der Waals surface area contributed by atoms with Crippen LogP contribution in [0, 0.1) is 10.1 Å². The van der Waals surface area contributed by atoms with Gasteiger partial charge >= 0.3 is 7.05 Å². The molecule has 1 fully saturated rings. The van der Waals surface area contributed by atoms with Crippen LogP contribution in [0.25, 0.3) is 0 Å². The van der Waals surface area contributed by atoms with Gasteiger partial charge in [0.1, 0.15) is 0 Å². The van der Waals surface area contributed by atoms with Gasteiger partial charge in [-0.05, 0) is 34.9 Å². The second-order valence-corrected chi connectivity index (χ2v) is 5.40. The molecule has 0 spiro atoms. The highest BCUT2D eigenvalue weighted by atomic mass is 79.9. The van der Waals surface area contributed by atoms with Crippen LogP contribution in [-0.4, -0.2) is 48.0 Å². The topological polar surface area (TPSA) is 69.8 Å². The van der Waals surface area contributed by atoms with Crippen molar-refractivity contribution in [3.05, 3.63) is 32.8 Å². The highest BCUT2D eigenvalue weighted by Gasteiger charge is 2.23. The van der Waals surface area contributed by atoms with Crippen LogP contribution < -0.4 is 4.90 Å². The molecule has 0 bridgehead atoms. The molecule has 1 heterocycles. The predicted molar refractivity (Wildman–Crippen MR) is 78.4 cm³/mol. The molecule has 1 saturated heterocycles. The Bertz CT molecular complexity index is 478. The Morgan fingerprint density at radius 3 is 2.53 bits per heavy atom. The summed E-state index contributed by atoms with van der Waals surface area (Å²) in [7, 11) is -0.443. The van der Waals surface area contributed by atoms with Crippen molar-refractivity contribution < 1.29 is 9.95 Å². The third-order valence-corrected chi connectivity index (χ3v) is 4.00. The number of nitro benzene ring substituents is 1. The summed E-state index contributed by atoms with van der Waals surface area (Å²) in [6, 6.07) is 5.16. The number of nitrogens with zero attached hydrogens (tertiary/aromatic N) is 3. The summed E-state index contributed by atoms with van der Waals surface area (Å²) in [5, 5.41) is 20.4. The quantitative estimate of drug-likeness (QED) is 0.518. The summed E-state index contributed by atoms with van der Waals surface area (Å²) in [6.45, 7) is 4.76. The van der Waals surface area contributed by atoms with E-state index in [-0.39, 0.29) is 10.6 Å². The van der Waals surface area contributed by atoms with Crippen molar-refractivity contribution in [1.82, 2.24) is 4.81 Å². The number of halogens is 1. The summed E-state index contributed by atoms with van der Waals surface area (Å²) in [4.78, 5) is 14.6. The summed E-state index contributed by atoms with van der Waals surface area (Å²) in [5.74, 6) is 0. The first-order valence-electron chi connectivity index (χ1n) is 6.10. The van der Waals surface area contributed by atoms with Crippen molar-refractivity contribution in [2.75, 3.05) is 31.1 Å². The Balaban J connectivity index is 2.12. The van der Waals surface area contributed by atoms with Gasteiger partial charge in [-0.15, -0.1) is 0 Å². The summed E-state index contributed by atoms with van der Waals surface area (Å²) < 4.78 is 0.490. The molecule has 1 N–H and O–H groups in total. The van der Waals surface area contributed by atoms with E-state index in [9.17, 15) is 15.1 Å². The Morgan fingerprint density at radius 1 is 1.37 bits per heavy atom. The Kier molecular flexibility index (Phi) is 4.44. The fourth-order valence-corrected chi connectivity index (χ4v) is 2.58. The van der Waals surface area contributed by atoms with Crippen molar-refractivity contribution in [3.8, 4) is 0 Å². The molecule has 102 valence electrons. The van der Waals surface area contributed by atoms with Crippen molar-refractivity contribution in [3.63, 3.8) is 0 Å². The molecule has 1 aliphatic heterocycles. The highest BCUT2D eigenvalue weighted by molar-refractivity contribution is 9.10. The first-order valence-corrected chi connectivity index (χ1v) is 6.89. The van der Waals surface area contributed by atoms with Gasteiger partial charge in [0.25, 0.3) is 5.69 Å². The molecule has 6 nitrogen and oxygen atoms in total. The number of anilines is 1. The predicted octanol–water partition coefficient (Wildman–Crippen LogP) is 1.59. The molecular weight excluding hydrogens is 313 g/mol. The lowest BCUT2D eigenvalue weighted by Crippen LogP contribution is -2.51. The summed E-state index contributed by atoms with van der Waals surface area (Å²) in [5.41, 5.74) is 0.926. The number of hydrogen-bond acceptors (Lipinski definition) is 5. The van der Waals surface area contributed by atoms with Crippen LogP contribution in [0.5, 0.6) is 0 Å². The maximum atomic E-state index is 10.9. The second-order valence-electron chi connectivity index (χ2n) is 4.55. The van der Waals surface area contributed by atoms with E-state index in [0.717, 1.165) is 31.9 Å². The van der Waals surface area contributed by atoms with Crippen LogP contribution in [0.3, 0.4) is 0 Å². The first kappa shape index (κ1) is 14.3. The van der Waals surface area contributed by atoms with Gasteiger partial charge < -0.3 is 14.7 Å². The third kappa shape index (κ3) is 3.26. The van der Waals surface area contributed by atoms with E-state index >= 15 is 0 Å². The molecule has 0 aliphatic carbocycles. The Labute approximate surface area is 120 Å². The van der Waals surface area contributed by atoms with Gasteiger partial charge in [0, 0.05) is 37.9 Å². The standard InChI is InChI=1S/C11H15BBrN3O3/c1-12(17)15-6-4-14(5-7-15)9-2-3-10(13)11(8-9)16(18)19/h2-3,8,17H,4-7H2,1H3. The molecule has 1 aromatic rings. The van der Waals surface area contributed by atoms with Crippen molar-refractivity contribution in [2.24, 2.45) is 0 Å². The van der Waals surface area contributed by atoms with Gasteiger partial charge in [0.2, 0.25) is 0 Å². The van der Waals surface area contributed by atoms with Crippen LogP contribution in [0.15, 0.2) is 22.7 Å². The van der Waals surface area contributed by atoms with Gasteiger partial charge in [-0.1, -0.05) is 0 Å². The third-order valence-electron chi connectivity index (χ3n) is 3.33. The number of piperazine rings is 1. The van der Waals surface area contributed by atoms with E-state index in [4.69, 9.17) is 0 Å². The molecular formula is C11H15BBrN3O3. The maximum Gasteiger partial charge on any atom is 0.376 e. The van der Waals surface area contributed by atoms with E-state index < -0.39 is 7.05 Å². The van der Waals surface area contributed by atoms with E-state index in [1.807, 2.05) is 10.9 Å². The van der Waals surface area contributed by atoms with Crippen molar-refractivity contribution >= 4 is 34.4 Å². The molecule has 2 rings (SSSR count). The van der Waals surface area contributed by atoms with E-state index in [2.05, 4.69) is 20.8 Å². The fourth-order valence-electron chi connectivity index (χ4n) is 2.19. The molecule has 1 aromatic carbocycles. The minimum Gasteiger partial charge on any atom is -0.437 e. The van der Waals surface area contributed by atoms with Crippen molar-refractivity contribution in [1.29, 1.82) is 0 Å². The van der Waals surface area contributed by atoms with E-state index in [1.165, 1.54) is 0 Å². The summed E-state index contributed by atoms with van der Waals surface area (Å²) in [6.07, 6.45) is 0. The fraction of sp³-hybridized carbons (Fsp3) is 0.455. The molecule has 0 amide bonds. The lowest BCUT2D eigenvalue weighted by atomic mass is 9.84. The molecule has 0 aromatic heterocycles. The van der Waals surface area contributed by atoms with Crippen LogP contribution in [-0.2, 0) is 0 Å². The van der Waals surface area contributed by atoms with Crippen LogP contribution in [0.1, 0.15) is 0 Å². The van der Waals surface area contributed by atoms with E-state index in [1.54, 1.807) is 19.0 Å². The average Bonchev–Trinajstić information content (AvgIpc) is 2.39. The van der Waals surface area contributed by atoms with Crippen LogP contribution >= 0.6 is 15.9 Å². The molecule has 0 unspecified atom stereocenters. The van der Waals surface area contributed by atoms with Gasteiger partial charge in [-0.3, -0.25) is 10.1 Å². The number of nitro groups is 1. The second kappa shape index (κ2) is 5.89. The minimum atomic E-state index is -0.443. The summed E-state index contributed by atoms with van der Waals surface area (Å²) >= 11 is 3.18. The number of hydrogen-bond donors (Lipinski definition) is 1. The molecule has 8 heteroatoms. The Morgan fingerprint density at radius 2 is 2.00 bits per heavy atom. The van der Waals surface area contributed by atoms with Gasteiger partial charge in [0.15, 0.2) is 0 Å². The zero-order chi connectivity index (χ0) is 14.0. The smallest absolute Gasteiger partial charge is 0.376 e. The van der Waals surface area contributed by atoms with Gasteiger partial charge in [-0.2, -0.15) is 0 Å².